The fraction of sp³-hybridized carbons (Fsp3) is 0.875. The zero-order valence-corrected chi connectivity index (χ0v) is 8.10. The average molecular weight is 161 g/mol. The third-order valence-corrected chi connectivity index (χ3v) is 0.802. The second kappa shape index (κ2) is 6.16. The van der Waals surface area contributed by atoms with Crippen LogP contribution in [-0.2, 0) is 9.53 Å². The van der Waals surface area contributed by atoms with Gasteiger partial charge in [-0.25, -0.2) is 0 Å². The standard InChI is InChI=1S/C6H13NO2.C2H6/c1-4-9-5(8)6(2,3)7;1-2/h4,7H2,1-3H3;1-2H3. The molecule has 68 valence electrons. The molecule has 0 radical (unpaired) electrons. The third-order valence-electron chi connectivity index (χ3n) is 0.802. The number of nitrogens with two attached hydrogens (primary N) is 1. The van der Waals surface area contributed by atoms with E-state index in [-0.39, 0.29) is 5.97 Å². The predicted molar refractivity (Wildman–Crippen MR) is 46.2 cm³/mol. The molecule has 0 saturated carbocycles. The lowest BCUT2D eigenvalue weighted by Crippen LogP contribution is -2.42. The van der Waals surface area contributed by atoms with E-state index >= 15 is 0 Å². The van der Waals surface area contributed by atoms with E-state index in [4.69, 9.17) is 5.73 Å². The van der Waals surface area contributed by atoms with Gasteiger partial charge in [0.1, 0.15) is 5.54 Å². The van der Waals surface area contributed by atoms with Gasteiger partial charge < -0.3 is 10.5 Å². The van der Waals surface area contributed by atoms with Crippen molar-refractivity contribution in [1.29, 1.82) is 0 Å². The van der Waals surface area contributed by atoms with E-state index in [1.54, 1.807) is 20.8 Å². The van der Waals surface area contributed by atoms with Crippen LogP contribution in [0.3, 0.4) is 0 Å². The SMILES string of the molecule is CC.CCOC(=O)C(C)(C)N. The Morgan fingerprint density at radius 2 is 1.82 bits per heavy atom. The van der Waals surface area contributed by atoms with E-state index in [9.17, 15) is 4.79 Å². The fourth-order valence-corrected chi connectivity index (χ4v) is 0.317. The molecule has 0 aliphatic rings. The minimum absolute atomic E-state index is 0.356. The number of esters is 1. The molecule has 0 aliphatic heterocycles. The minimum atomic E-state index is -0.851. The number of ether oxygens (including phenoxy) is 1. The lowest BCUT2D eigenvalue weighted by Gasteiger charge is -2.15. The Morgan fingerprint density at radius 3 is 1.91 bits per heavy atom. The molecule has 0 saturated heterocycles. The van der Waals surface area contributed by atoms with E-state index in [0.29, 0.717) is 6.61 Å². The van der Waals surface area contributed by atoms with Gasteiger partial charge in [0.05, 0.1) is 6.61 Å². The molecular formula is C8H19NO2. The van der Waals surface area contributed by atoms with Gasteiger partial charge in [-0.1, -0.05) is 13.8 Å². The number of carbonyl (C=O) groups excluding carboxylic acids is 1. The summed E-state index contributed by atoms with van der Waals surface area (Å²) in [5, 5.41) is 0. The molecule has 2 N–H and O–H groups in total. The zero-order chi connectivity index (χ0) is 9.49. The Labute approximate surface area is 68.9 Å². The van der Waals surface area contributed by atoms with Gasteiger partial charge in [0.25, 0.3) is 0 Å². The molecule has 11 heavy (non-hydrogen) atoms. The topological polar surface area (TPSA) is 52.3 Å². The van der Waals surface area contributed by atoms with Crippen LogP contribution >= 0.6 is 0 Å². The van der Waals surface area contributed by atoms with Crippen molar-refractivity contribution in [3.8, 4) is 0 Å². The van der Waals surface area contributed by atoms with Crippen LogP contribution in [0.4, 0.5) is 0 Å². The molecular weight excluding hydrogens is 142 g/mol. The van der Waals surface area contributed by atoms with Gasteiger partial charge in [-0.3, -0.25) is 4.79 Å². The van der Waals surface area contributed by atoms with Gasteiger partial charge in [-0.2, -0.15) is 0 Å². The smallest absolute Gasteiger partial charge is 0.325 e. The summed E-state index contributed by atoms with van der Waals surface area (Å²) in [6.45, 7) is 9.37. The molecule has 0 spiro atoms. The Morgan fingerprint density at radius 1 is 1.45 bits per heavy atom. The van der Waals surface area contributed by atoms with Crippen LogP contribution in [0.2, 0.25) is 0 Å². The van der Waals surface area contributed by atoms with Crippen LogP contribution in [-0.4, -0.2) is 18.1 Å². The quantitative estimate of drug-likeness (QED) is 0.621. The van der Waals surface area contributed by atoms with E-state index < -0.39 is 5.54 Å². The first-order valence-electron chi connectivity index (χ1n) is 3.94. The summed E-state index contributed by atoms with van der Waals surface area (Å²) >= 11 is 0. The second-order valence-corrected chi connectivity index (χ2v) is 2.44. The Balaban J connectivity index is 0. The van der Waals surface area contributed by atoms with Crippen molar-refractivity contribution in [1.82, 2.24) is 0 Å². The number of hydrogen-bond acceptors (Lipinski definition) is 3. The first-order chi connectivity index (χ1) is 4.98. The molecule has 0 aromatic heterocycles. The summed E-state index contributed by atoms with van der Waals surface area (Å²) in [6, 6.07) is 0. The number of carbonyl (C=O) groups is 1. The zero-order valence-electron chi connectivity index (χ0n) is 8.10. The van der Waals surface area contributed by atoms with Crippen molar-refractivity contribution in [2.75, 3.05) is 6.61 Å². The van der Waals surface area contributed by atoms with E-state index in [0.717, 1.165) is 0 Å². The van der Waals surface area contributed by atoms with Crippen LogP contribution in [0.1, 0.15) is 34.6 Å². The van der Waals surface area contributed by atoms with Gasteiger partial charge in [-0.15, -0.1) is 0 Å². The summed E-state index contributed by atoms with van der Waals surface area (Å²) in [5.74, 6) is -0.356. The lowest BCUT2D eigenvalue weighted by atomic mass is 10.1. The van der Waals surface area contributed by atoms with Crippen molar-refractivity contribution >= 4 is 5.97 Å². The van der Waals surface area contributed by atoms with Crippen molar-refractivity contribution < 1.29 is 9.53 Å². The van der Waals surface area contributed by atoms with Gasteiger partial charge in [0.15, 0.2) is 0 Å². The summed E-state index contributed by atoms with van der Waals surface area (Å²) < 4.78 is 4.64. The summed E-state index contributed by atoms with van der Waals surface area (Å²) in [7, 11) is 0. The van der Waals surface area contributed by atoms with Crippen LogP contribution < -0.4 is 5.73 Å². The normalized spacial score (nSPS) is 9.64. The molecule has 0 fully saturated rings. The number of rotatable bonds is 2. The van der Waals surface area contributed by atoms with E-state index in [1.165, 1.54) is 0 Å². The highest BCUT2D eigenvalue weighted by molar-refractivity contribution is 5.79. The highest BCUT2D eigenvalue weighted by atomic mass is 16.5. The molecule has 3 heteroatoms. The number of hydrogen-bond donors (Lipinski definition) is 1. The summed E-state index contributed by atoms with van der Waals surface area (Å²) in [5.41, 5.74) is 4.54. The van der Waals surface area contributed by atoms with E-state index in [1.807, 2.05) is 13.8 Å². The lowest BCUT2D eigenvalue weighted by molar-refractivity contribution is -0.148. The van der Waals surface area contributed by atoms with Crippen molar-refractivity contribution in [2.45, 2.75) is 40.2 Å². The van der Waals surface area contributed by atoms with E-state index in [2.05, 4.69) is 4.74 Å². The maximum absolute atomic E-state index is 10.7. The fourth-order valence-electron chi connectivity index (χ4n) is 0.317. The Hall–Kier alpha value is -0.570. The van der Waals surface area contributed by atoms with Crippen molar-refractivity contribution in [2.24, 2.45) is 5.73 Å². The van der Waals surface area contributed by atoms with Gasteiger partial charge in [-0.05, 0) is 20.8 Å². The minimum Gasteiger partial charge on any atom is -0.465 e. The Bertz CT molecular complexity index is 105. The van der Waals surface area contributed by atoms with Crippen LogP contribution in [0, 0.1) is 0 Å². The molecule has 0 unspecified atom stereocenters. The molecule has 0 heterocycles. The maximum atomic E-state index is 10.7. The van der Waals surface area contributed by atoms with Crippen LogP contribution in [0.15, 0.2) is 0 Å². The average Bonchev–Trinajstić information content (AvgIpc) is 1.91. The van der Waals surface area contributed by atoms with Crippen molar-refractivity contribution in [3.63, 3.8) is 0 Å². The summed E-state index contributed by atoms with van der Waals surface area (Å²) in [4.78, 5) is 10.7. The Kier molecular flexibility index (Phi) is 7.31. The molecule has 0 amide bonds. The second-order valence-electron chi connectivity index (χ2n) is 2.44. The monoisotopic (exact) mass is 161 g/mol. The van der Waals surface area contributed by atoms with Crippen LogP contribution in [0.25, 0.3) is 0 Å². The molecule has 3 nitrogen and oxygen atoms in total. The molecule has 0 atom stereocenters. The predicted octanol–water partition coefficient (Wildman–Crippen LogP) is 1.31. The molecule has 0 aromatic carbocycles. The highest BCUT2D eigenvalue weighted by Gasteiger charge is 2.22. The van der Waals surface area contributed by atoms with Gasteiger partial charge in [0, 0.05) is 0 Å². The molecule has 0 aliphatic carbocycles. The molecule has 0 bridgehead atoms. The van der Waals surface area contributed by atoms with Gasteiger partial charge >= 0.3 is 5.97 Å². The molecule has 0 rings (SSSR count). The van der Waals surface area contributed by atoms with Crippen molar-refractivity contribution in [3.05, 3.63) is 0 Å². The summed E-state index contributed by atoms with van der Waals surface area (Å²) in [6.07, 6.45) is 0. The van der Waals surface area contributed by atoms with Gasteiger partial charge in [0.2, 0.25) is 0 Å². The molecule has 0 aromatic rings. The third kappa shape index (κ3) is 7.33. The maximum Gasteiger partial charge on any atom is 0.325 e. The first-order valence-corrected chi connectivity index (χ1v) is 3.94. The largest absolute Gasteiger partial charge is 0.465 e. The first kappa shape index (κ1) is 13.1. The highest BCUT2D eigenvalue weighted by Crippen LogP contribution is 1.98. The van der Waals surface area contributed by atoms with Crippen LogP contribution in [0.5, 0.6) is 0 Å².